The maximum Gasteiger partial charge on any atom is 0.224 e. The minimum absolute atomic E-state index is 0.0337. The highest BCUT2D eigenvalue weighted by Crippen LogP contribution is 2.13. The van der Waals surface area contributed by atoms with Crippen molar-refractivity contribution in [3.63, 3.8) is 0 Å². The third kappa shape index (κ3) is 3.64. The van der Waals surface area contributed by atoms with E-state index >= 15 is 0 Å². The smallest absolute Gasteiger partial charge is 0.224 e. The first-order valence-electron chi connectivity index (χ1n) is 5.94. The van der Waals surface area contributed by atoms with Gasteiger partial charge in [-0.15, -0.1) is 10.2 Å². The number of amides is 1. The summed E-state index contributed by atoms with van der Waals surface area (Å²) in [5.41, 5.74) is 0.969. The minimum atomic E-state index is -0.160. The number of nitrogens with one attached hydrogen (secondary N) is 1. The molecule has 1 aromatic carbocycles. The third-order valence-corrected chi connectivity index (χ3v) is 3.26. The number of carbonyl (C=O) groups excluding carboxylic acids is 1. The number of nitrogens with zero attached hydrogens (tertiary/aromatic N) is 3. The van der Waals surface area contributed by atoms with E-state index in [1.165, 1.54) is 0 Å². The number of halogens is 1. The molecule has 0 aliphatic heterocycles. The Morgan fingerprint density at radius 1 is 1.53 bits per heavy atom. The fourth-order valence-electron chi connectivity index (χ4n) is 1.87. The largest absolute Gasteiger partial charge is 0.346 e. The lowest BCUT2D eigenvalue weighted by Crippen LogP contribution is -2.29. The maximum absolute atomic E-state index is 12.0. The highest BCUT2D eigenvalue weighted by Gasteiger charge is 2.14. The molecule has 1 N–H and O–H groups in total. The molecule has 0 radical (unpaired) electrons. The number of carbonyl (C=O) groups is 1. The van der Waals surface area contributed by atoms with E-state index in [2.05, 4.69) is 31.4 Å². The maximum atomic E-state index is 12.0. The van der Waals surface area contributed by atoms with Crippen LogP contribution in [-0.2, 0) is 18.3 Å². The Morgan fingerprint density at radius 2 is 2.32 bits per heavy atom. The fourth-order valence-corrected chi connectivity index (χ4v) is 2.32. The summed E-state index contributed by atoms with van der Waals surface area (Å²) in [5, 5.41) is 10.7. The topological polar surface area (TPSA) is 59.8 Å². The molecular weight excluding hydrogens is 308 g/mol. The lowest BCUT2D eigenvalue weighted by molar-refractivity contribution is -0.121. The number of aryl methyl sites for hydroxylation is 1. The lowest BCUT2D eigenvalue weighted by Gasteiger charge is -2.13. The van der Waals surface area contributed by atoms with Crippen LogP contribution >= 0.6 is 15.9 Å². The van der Waals surface area contributed by atoms with Gasteiger partial charge in [-0.3, -0.25) is 4.79 Å². The summed E-state index contributed by atoms with van der Waals surface area (Å²) >= 11 is 3.39. The van der Waals surface area contributed by atoms with Gasteiger partial charge in [-0.25, -0.2) is 0 Å². The van der Waals surface area contributed by atoms with Crippen molar-refractivity contribution in [2.24, 2.45) is 7.05 Å². The molecule has 1 atom stereocenters. The first-order valence-corrected chi connectivity index (χ1v) is 6.73. The molecule has 0 aliphatic rings. The zero-order valence-corrected chi connectivity index (χ0v) is 12.4. The highest BCUT2D eigenvalue weighted by atomic mass is 79.9. The van der Waals surface area contributed by atoms with Gasteiger partial charge in [0.15, 0.2) is 5.82 Å². The van der Waals surface area contributed by atoms with Crippen molar-refractivity contribution in [1.82, 2.24) is 20.1 Å². The monoisotopic (exact) mass is 322 g/mol. The second-order valence-electron chi connectivity index (χ2n) is 4.40. The summed E-state index contributed by atoms with van der Waals surface area (Å²) in [6.45, 7) is 1.89. The van der Waals surface area contributed by atoms with E-state index in [-0.39, 0.29) is 11.9 Å². The van der Waals surface area contributed by atoms with Crippen molar-refractivity contribution in [1.29, 1.82) is 0 Å². The number of hydrogen-bond donors (Lipinski definition) is 1. The predicted molar refractivity (Wildman–Crippen MR) is 75.4 cm³/mol. The standard InChI is InChI=1S/C13H15BrN4O/c1-9(13-17-15-8-18(13)2)16-12(19)7-10-4-3-5-11(14)6-10/h3-6,8-9H,7H2,1-2H3,(H,16,19). The van der Waals surface area contributed by atoms with E-state index in [1.54, 1.807) is 10.9 Å². The molecule has 6 heteroatoms. The van der Waals surface area contributed by atoms with Crippen LogP contribution in [0.2, 0.25) is 0 Å². The van der Waals surface area contributed by atoms with Gasteiger partial charge in [0.25, 0.3) is 0 Å². The van der Waals surface area contributed by atoms with Crippen LogP contribution in [0.5, 0.6) is 0 Å². The Bertz CT molecular complexity index is 582. The van der Waals surface area contributed by atoms with Crippen molar-refractivity contribution >= 4 is 21.8 Å². The van der Waals surface area contributed by atoms with Gasteiger partial charge in [0.1, 0.15) is 6.33 Å². The first kappa shape index (κ1) is 13.7. The number of rotatable bonds is 4. The molecule has 0 bridgehead atoms. The Balaban J connectivity index is 1.96. The molecule has 1 amide bonds. The minimum Gasteiger partial charge on any atom is -0.346 e. The van der Waals surface area contributed by atoms with Crippen molar-refractivity contribution < 1.29 is 4.79 Å². The Labute approximate surface area is 120 Å². The Morgan fingerprint density at radius 3 is 2.95 bits per heavy atom. The molecule has 1 unspecified atom stereocenters. The van der Waals surface area contributed by atoms with Crippen LogP contribution in [-0.4, -0.2) is 20.7 Å². The van der Waals surface area contributed by atoms with Crippen LogP contribution in [0.15, 0.2) is 35.1 Å². The summed E-state index contributed by atoms with van der Waals surface area (Å²) in [6.07, 6.45) is 1.97. The molecule has 100 valence electrons. The van der Waals surface area contributed by atoms with Crippen molar-refractivity contribution in [3.8, 4) is 0 Å². The normalized spacial score (nSPS) is 12.2. The van der Waals surface area contributed by atoms with Gasteiger partial charge < -0.3 is 9.88 Å². The zero-order valence-electron chi connectivity index (χ0n) is 10.8. The quantitative estimate of drug-likeness (QED) is 0.936. The third-order valence-electron chi connectivity index (χ3n) is 2.76. The van der Waals surface area contributed by atoms with Crippen LogP contribution < -0.4 is 5.32 Å². The van der Waals surface area contributed by atoms with Crippen molar-refractivity contribution in [3.05, 3.63) is 46.5 Å². The summed E-state index contributed by atoms with van der Waals surface area (Å²) in [4.78, 5) is 12.0. The van der Waals surface area contributed by atoms with E-state index in [9.17, 15) is 4.79 Å². The molecule has 0 saturated carbocycles. The molecule has 0 saturated heterocycles. The van der Waals surface area contributed by atoms with E-state index in [1.807, 2.05) is 38.2 Å². The molecule has 19 heavy (non-hydrogen) atoms. The summed E-state index contributed by atoms with van der Waals surface area (Å²) in [7, 11) is 1.85. The lowest BCUT2D eigenvalue weighted by atomic mass is 10.1. The van der Waals surface area contributed by atoms with Gasteiger partial charge in [-0.2, -0.15) is 0 Å². The van der Waals surface area contributed by atoms with Gasteiger partial charge in [0.05, 0.1) is 12.5 Å². The van der Waals surface area contributed by atoms with Crippen molar-refractivity contribution in [2.75, 3.05) is 0 Å². The van der Waals surface area contributed by atoms with E-state index in [0.29, 0.717) is 6.42 Å². The molecule has 2 aromatic rings. The van der Waals surface area contributed by atoms with Crippen LogP contribution in [0.25, 0.3) is 0 Å². The van der Waals surface area contributed by atoms with E-state index in [0.717, 1.165) is 15.9 Å². The second kappa shape index (κ2) is 5.97. The van der Waals surface area contributed by atoms with Crippen molar-refractivity contribution in [2.45, 2.75) is 19.4 Å². The molecule has 0 spiro atoms. The van der Waals surface area contributed by atoms with Gasteiger partial charge in [-0.1, -0.05) is 28.1 Å². The second-order valence-corrected chi connectivity index (χ2v) is 5.31. The summed E-state index contributed by atoms with van der Waals surface area (Å²) < 4.78 is 2.77. The predicted octanol–water partition coefficient (Wildman–Crippen LogP) is 2.00. The van der Waals surface area contributed by atoms with E-state index in [4.69, 9.17) is 0 Å². The van der Waals surface area contributed by atoms with Gasteiger partial charge in [0, 0.05) is 11.5 Å². The number of hydrogen-bond acceptors (Lipinski definition) is 3. The molecule has 1 heterocycles. The number of aromatic nitrogens is 3. The van der Waals surface area contributed by atoms with Crippen LogP contribution in [0.3, 0.4) is 0 Å². The molecular formula is C13H15BrN4O. The first-order chi connectivity index (χ1) is 9.06. The average Bonchev–Trinajstić information content (AvgIpc) is 2.75. The SMILES string of the molecule is CC(NC(=O)Cc1cccc(Br)c1)c1nncn1C. The van der Waals surface area contributed by atoms with Crippen LogP contribution in [0.4, 0.5) is 0 Å². The average molecular weight is 323 g/mol. The fraction of sp³-hybridized carbons (Fsp3) is 0.308. The summed E-state index contributed by atoms with van der Waals surface area (Å²) in [6, 6.07) is 7.55. The van der Waals surface area contributed by atoms with Gasteiger partial charge >= 0.3 is 0 Å². The molecule has 0 aliphatic carbocycles. The molecule has 5 nitrogen and oxygen atoms in total. The Hall–Kier alpha value is -1.69. The van der Waals surface area contributed by atoms with E-state index < -0.39 is 0 Å². The molecule has 1 aromatic heterocycles. The van der Waals surface area contributed by atoms with Gasteiger partial charge in [-0.05, 0) is 24.6 Å². The number of benzene rings is 1. The van der Waals surface area contributed by atoms with Crippen LogP contribution in [0.1, 0.15) is 24.4 Å². The summed E-state index contributed by atoms with van der Waals surface area (Å²) in [5.74, 6) is 0.705. The zero-order chi connectivity index (χ0) is 13.8. The van der Waals surface area contributed by atoms with Crippen LogP contribution in [0, 0.1) is 0 Å². The highest BCUT2D eigenvalue weighted by molar-refractivity contribution is 9.10. The molecule has 0 fully saturated rings. The molecule has 2 rings (SSSR count). The Kier molecular flexibility index (Phi) is 4.31. The van der Waals surface area contributed by atoms with Gasteiger partial charge in [0.2, 0.25) is 5.91 Å².